The van der Waals surface area contributed by atoms with Crippen molar-refractivity contribution in [2.45, 2.75) is 19.3 Å². The Hall–Kier alpha value is -1.98. The van der Waals surface area contributed by atoms with Gasteiger partial charge in [-0.2, -0.15) is 0 Å². The van der Waals surface area contributed by atoms with Gasteiger partial charge < -0.3 is 9.64 Å². The Bertz CT molecular complexity index is 513. The van der Waals surface area contributed by atoms with Gasteiger partial charge in [0, 0.05) is 31.0 Å². The van der Waals surface area contributed by atoms with Gasteiger partial charge in [0.15, 0.2) is 0 Å². The summed E-state index contributed by atoms with van der Waals surface area (Å²) in [6, 6.07) is 5.84. The minimum Gasteiger partial charge on any atom is -0.405 e. The van der Waals surface area contributed by atoms with Crippen LogP contribution < -0.4 is 4.74 Å². The van der Waals surface area contributed by atoms with Gasteiger partial charge in [0.05, 0.1) is 0 Å². The first kappa shape index (κ1) is 14.4. The Labute approximate surface area is 114 Å². The number of hydrogen-bond acceptors (Lipinski definition) is 2. The standard InChI is InChI=1S/C14H14F3NO2/c1-2-10-7-13(19)18(8-10)9-11-5-3-4-6-12(11)20-14(15,16)17/h2-6,10H,1,7-9H2. The molecule has 0 radical (unpaired) electrons. The highest BCUT2D eigenvalue weighted by molar-refractivity contribution is 5.79. The first-order valence-corrected chi connectivity index (χ1v) is 6.13. The van der Waals surface area contributed by atoms with E-state index in [1.54, 1.807) is 12.1 Å². The molecule has 1 amide bonds. The van der Waals surface area contributed by atoms with Gasteiger partial charge in [0.1, 0.15) is 5.75 Å². The van der Waals surface area contributed by atoms with Gasteiger partial charge in [-0.05, 0) is 6.07 Å². The molecular formula is C14H14F3NO2. The smallest absolute Gasteiger partial charge is 0.405 e. The fraction of sp³-hybridized carbons (Fsp3) is 0.357. The van der Waals surface area contributed by atoms with Crippen LogP contribution in [0, 0.1) is 5.92 Å². The van der Waals surface area contributed by atoms with Crippen LogP contribution in [0.2, 0.25) is 0 Å². The molecule has 0 saturated carbocycles. The van der Waals surface area contributed by atoms with E-state index in [1.165, 1.54) is 23.1 Å². The molecule has 2 rings (SSSR count). The van der Waals surface area contributed by atoms with E-state index < -0.39 is 6.36 Å². The molecule has 0 spiro atoms. The molecule has 0 N–H and O–H groups in total. The third-order valence-corrected chi connectivity index (χ3v) is 3.14. The van der Waals surface area contributed by atoms with E-state index in [2.05, 4.69) is 11.3 Å². The van der Waals surface area contributed by atoms with Crippen LogP contribution in [0.25, 0.3) is 0 Å². The number of carbonyl (C=O) groups is 1. The normalized spacial score (nSPS) is 19.2. The summed E-state index contributed by atoms with van der Waals surface area (Å²) in [5, 5.41) is 0. The number of para-hydroxylation sites is 1. The summed E-state index contributed by atoms with van der Waals surface area (Å²) < 4.78 is 40.9. The zero-order valence-electron chi connectivity index (χ0n) is 10.7. The van der Waals surface area contributed by atoms with E-state index in [4.69, 9.17) is 0 Å². The van der Waals surface area contributed by atoms with Gasteiger partial charge >= 0.3 is 6.36 Å². The molecule has 1 heterocycles. The highest BCUT2D eigenvalue weighted by atomic mass is 19.4. The molecule has 1 unspecified atom stereocenters. The first-order valence-electron chi connectivity index (χ1n) is 6.13. The monoisotopic (exact) mass is 285 g/mol. The van der Waals surface area contributed by atoms with Gasteiger partial charge in [0.2, 0.25) is 5.91 Å². The zero-order chi connectivity index (χ0) is 14.8. The number of likely N-dealkylation sites (tertiary alicyclic amines) is 1. The van der Waals surface area contributed by atoms with E-state index >= 15 is 0 Å². The topological polar surface area (TPSA) is 29.5 Å². The molecule has 1 aromatic carbocycles. The molecule has 108 valence electrons. The number of benzene rings is 1. The predicted molar refractivity (Wildman–Crippen MR) is 66.8 cm³/mol. The molecule has 3 nitrogen and oxygen atoms in total. The van der Waals surface area contributed by atoms with Crippen LogP contribution in [-0.2, 0) is 11.3 Å². The lowest BCUT2D eigenvalue weighted by Gasteiger charge is -2.19. The van der Waals surface area contributed by atoms with Crippen LogP contribution in [-0.4, -0.2) is 23.7 Å². The van der Waals surface area contributed by atoms with E-state index in [0.717, 1.165) is 0 Å². The SMILES string of the molecule is C=CC1CC(=O)N(Cc2ccccc2OC(F)(F)F)C1. The van der Waals surface area contributed by atoms with Crippen molar-refractivity contribution in [2.24, 2.45) is 5.92 Å². The number of carbonyl (C=O) groups excluding carboxylic acids is 1. The molecule has 0 bridgehead atoms. The highest BCUT2D eigenvalue weighted by Gasteiger charge is 2.33. The number of amides is 1. The number of alkyl halides is 3. The summed E-state index contributed by atoms with van der Waals surface area (Å²) in [4.78, 5) is 13.3. The Morgan fingerprint density at radius 2 is 2.10 bits per heavy atom. The lowest BCUT2D eigenvalue weighted by molar-refractivity contribution is -0.275. The maximum atomic E-state index is 12.3. The lowest BCUT2D eigenvalue weighted by Crippen LogP contribution is -2.25. The second-order valence-corrected chi connectivity index (χ2v) is 4.63. The lowest BCUT2D eigenvalue weighted by atomic mass is 10.1. The molecule has 1 aliphatic heterocycles. The zero-order valence-corrected chi connectivity index (χ0v) is 10.7. The van der Waals surface area contributed by atoms with Crippen molar-refractivity contribution in [1.82, 2.24) is 4.90 Å². The first-order chi connectivity index (χ1) is 9.39. The summed E-state index contributed by atoms with van der Waals surface area (Å²) in [7, 11) is 0. The van der Waals surface area contributed by atoms with Gasteiger partial charge in [-0.1, -0.05) is 24.3 Å². The van der Waals surface area contributed by atoms with Crippen molar-refractivity contribution in [1.29, 1.82) is 0 Å². The maximum Gasteiger partial charge on any atom is 0.573 e. The number of hydrogen-bond donors (Lipinski definition) is 0. The van der Waals surface area contributed by atoms with E-state index in [-0.39, 0.29) is 24.1 Å². The van der Waals surface area contributed by atoms with Gasteiger partial charge in [-0.25, -0.2) is 0 Å². The van der Waals surface area contributed by atoms with Gasteiger partial charge in [-0.15, -0.1) is 19.8 Å². The van der Waals surface area contributed by atoms with Crippen LogP contribution in [0.4, 0.5) is 13.2 Å². The maximum absolute atomic E-state index is 12.3. The largest absolute Gasteiger partial charge is 0.573 e. The fourth-order valence-electron chi connectivity index (χ4n) is 2.18. The van der Waals surface area contributed by atoms with Gasteiger partial charge in [-0.3, -0.25) is 4.79 Å². The molecule has 1 fully saturated rings. The summed E-state index contributed by atoms with van der Waals surface area (Å²) in [5.41, 5.74) is 0.336. The molecule has 6 heteroatoms. The Balaban J connectivity index is 2.13. The molecule has 0 aromatic heterocycles. The molecule has 0 aliphatic carbocycles. The van der Waals surface area contributed by atoms with Crippen LogP contribution >= 0.6 is 0 Å². The van der Waals surface area contributed by atoms with E-state index in [0.29, 0.717) is 18.5 Å². The summed E-state index contributed by atoms with van der Waals surface area (Å²) >= 11 is 0. The molecule has 20 heavy (non-hydrogen) atoms. The van der Waals surface area contributed by atoms with Crippen LogP contribution in [0.5, 0.6) is 5.75 Å². The second-order valence-electron chi connectivity index (χ2n) is 4.63. The van der Waals surface area contributed by atoms with Crippen molar-refractivity contribution in [3.05, 3.63) is 42.5 Å². The van der Waals surface area contributed by atoms with Crippen LogP contribution in [0.1, 0.15) is 12.0 Å². The van der Waals surface area contributed by atoms with Crippen LogP contribution in [0.15, 0.2) is 36.9 Å². The van der Waals surface area contributed by atoms with E-state index in [1.807, 2.05) is 0 Å². The summed E-state index contributed by atoms with van der Waals surface area (Å²) in [6.45, 7) is 4.21. The van der Waals surface area contributed by atoms with Crippen molar-refractivity contribution in [2.75, 3.05) is 6.54 Å². The Kier molecular flexibility index (Phi) is 4.01. The third-order valence-electron chi connectivity index (χ3n) is 3.14. The Morgan fingerprint density at radius 1 is 1.40 bits per heavy atom. The minimum absolute atomic E-state index is 0.0539. The van der Waals surface area contributed by atoms with Crippen LogP contribution in [0.3, 0.4) is 0 Å². The van der Waals surface area contributed by atoms with Crippen molar-refractivity contribution >= 4 is 5.91 Å². The molecule has 1 aliphatic rings. The minimum atomic E-state index is -4.74. The average Bonchev–Trinajstić information content (AvgIpc) is 2.71. The molecular weight excluding hydrogens is 271 g/mol. The highest BCUT2D eigenvalue weighted by Crippen LogP contribution is 2.29. The molecule has 1 saturated heterocycles. The van der Waals surface area contributed by atoms with E-state index in [9.17, 15) is 18.0 Å². The summed E-state index contributed by atoms with van der Waals surface area (Å²) in [5.74, 6) is -0.301. The second kappa shape index (κ2) is 5.56. The molecule has 1 aromatic rings. The number of ether oxygens (including phenoxy) is 1. The quantitative estimate of drug-likeness (QED) is 0.795. The summed E-state index contributed by atoms with van der Waals surface area (Å²) in [6.07, 6.45) is -2.70. The average molecular weight is 285 g/mol. The van der Waals surface area contributed by atoms with Crippen molar-refractivity contribution in [3.8, 4) is 5.75 Å². The predicted octanol–water partition coefficient (Wildman–Crippen LogP) is 3.12. The van der Waals surface area contributed by atoms with Gasteiger partial charge in [0.25, 0.3) is 0 Å². The molecule has 1 atom stereocenters. The Morgan fingerprint density at radius 3 is 2.70 bits per heavy atom. The third kappa shape index (κ3) is 3.53. The van der Waals surface area contributed by atoms with Crippen molar-refractivity contribution in [3.63, 3.8) is 0 Å². The van der Waals surface area contributed by atoms with Crippen molar-refractivity contribution < 1.29 is 22.7 Å². The number of halogens is 3. The fourth-order valence-corrected chi connectivity index (χ4v) is 2.18. The number of rotatable bonds is 4. The number of nitrogens with zero attached hydrogens (tertiary/aromatic N) is 1.